The highest BCUT2D eigenvalue weighted by Crippen LogP contribution is 2.43. The van der Waals surface area contributed by atoms with Crippen LogP contribution < -0.4 is 9.47 Å². The summed E-state index contributed by atoms with van der Waals surface area (Å²) in [5.74, 6) is 1.40. The van der Waals surface area contributed by atoms with Gasteiger partial charge >= 0.3 is 11.9 Å². The minimum atomic E-state index is -0.159. The van der Waals surface area contributed by atoms with Crippen LogP contribution >= 0.6 is 0 Å². The molecule has 0 fully saturated rings. The van der Waals surface area contributed by atoms with E-state index in [9.17, 15) is 9.59 Å². The molecule has 0 unspecified atom stereocenters. The predicted octanol–water partition coefficient (Wildman–Crippen LogP) is 7.95. The lowest BCUT2D eigenvalue weighted by molar-refractivity contribution is -0.144. The average Bonchev–Trinajstić information content (AvgIpc) is 2.93. The Labute approximate surface area is 233 Å². The van der Waals surface area contributed by atoms with Crippen LogP contribution in [-0.4, -0.2) is 38.4 Å². The number of benzene rings is 3. The van der Waals surface area contributed by atoms with Gasteiger partial charge in [0.25, 0.3) is 0 Å². The van der Waals surface area contributed by atoms with Crippen LogP contribution in [0.2, 0.25) is 0 Å². The van der Waals surface area contributed by atoms with Crippen LogP contribution in [0, 0.1) is 0 Å². The molecule has 3 rings (SSSR count). The van der Waals surface area contributed by atoms with E-state index in [1.807, 2.05) is 26.0 Å². The summed E-state index contributed by atoms with van der Waals surface area (Å²) in [7, 11) is 0. The van der Waals surface area contributed by atoms with Gasteiger partial charge in [-0.25, -0.2) is 0 Å². The van der Waals surface area contributed by atoms with Gasteiger partial charge in [0, 0.05) is 34.4 Å². The van der Waals surface area contributed by atoms with Crippen LogP contribution in [0.4, 0.5) is 0 Å². The van der Waals surface area contributed by atoms with E-state index in [1.165, 1.54) is 18.4 Å². The monoisotopic (exact) mass is 536 g/mol. The highest BCUT2D eigenvalue weighted by atomic mass is 16.5. The summed E-state index contributed by atoms with van der Waals surface area (Å²) >= 11 is 0. The Bertz CT molecular complexity index is 1200. The first-order chi connectivity index (χ1) is 19.1. The van der Waals surface area contributed by atoms with E-state index in [1.54, 1.807) is 0 Å². The van der Waals surface area contributed by atoms with Gasteiger partial charge in [0.15, 0.2) is 0 Å². The molecule has 6 heteroatoms. The SMILES string of the molecule is CCCCCc1ccc2c(OCCCCC(=O)OCC)c3ccccc3c(OCCCCC(=O)OCC)c2c1. The van der Waals surface area contributed by atoms with Gasteiger partial charge in [0.1, 0.15) is 11.5 Å². The molecule has 0 aliphatic rings. The molecule has 0 radical (unpaired) electrons. The van der Waals surface area contributed by atoms with Crippen molar-refractivity contribution < 1.29 is 28.5 Å². The fourth-order valence-corrected chi connectivity index (χ4v) is 4.75. The maximum absolute atomic E-state index is 11.7. The Kier molecular flexibility index (Phi) is 12.9. The number of carbonyl (C=O) groups is 2. The van der Waals surface area contributed by atoms with E-state index in [0.29, 0.717) is 39.3 Å². The lowest BCUT2D eigenvalue weighted by Crippen LogP contribution is -2.06. The van der Waals surface area contributed by atoms with Crippen molar-refractivity contribution in [3.8, 4) is 11.5 Å². The third kappa shape index (κ3) is 9.15. The number of rotatable bonds is 18. The van der Waals surface area contributed by atoms with Gasteiger partial charge in [-0.2, -0.15) is 0 Å². The number of aryl methyl sites for hydroxylation is 1. The Morgan fingerprint density at radius 1 is 0.615 bits per heavy atom. The second-order valence-corrected chi connectivity index (χ2v) is 9.76. The highest BCUT2D eigenvalue weighted by Gasteiger charge is 2.17. The van der Waals surface area contributed by atoms with E-state index in [4.69, 9.17) is 18.9 Å². The summed E-state index contributed by atoms with van der Waals surface area (Å²) < 4.78 is 22.9. The third-order valence-corrected chi connectivity index (χ3v) is 6.71. The molecule has 6 nitrogen and oxygen atoms in total. The van der Waals surface area contributed by atoms with Crippen molar-refractivity contribution in [2.75, 3.05) is 26.4 Å². The van der Waals surface area contributed by atoms with Crippen LogP contribution in [0.25, 0.3) is 21.5 Å². The molecule has 0 N–H and O–H groups in total. The molecule has 39 heavy (non-hydrogen) atoms. The van der Waals surface area contributed by atoms with Crippen LogP contribution in [0.1, 0.15) is 84.1 Å². The number of hydrogen-bond donors (Lipinski definition) is 0. The second kappa shape index (κ2) is 16.6. The summed E-state index contributed by atoms with van der Waals surface area (Å²) in [6, 6.07) is 14.8. The lowest BCUT2D eigenvalue weighted by Gasteiger charge is -2.19. The molecular weight excluding hydrogens is 492 g/mol. The minimum absolute atomic E-state index is 0.158. The van der Waals surface area contributed by atoms with E-state index < -0.39 is 0 Å². The maximum Gasteiger partial charge on any atom is 0.305 e. The number of ether oxygens (including phenoxy) is 4. The Morgan fingerprint density at radius 3 is 1.69 bits per heavy atom. The summed E-state index contributed by atoms with van der Waals surface area (Å²) in [5.41, 5.74) is 1.29. The first-order valence-corrected chi connectivity index (χ1v) is 14.6. The van der Waals surface area contributed by atoms with Gasteiger partial charge in [0.2, 0.25) is 0 Å². The third-order valence-electron chi connectivity index (χ3n) is 6.71. The summed E-state index contributed by atoms with van der Waals surface area (Å²) in [5, 5.41) is 4.10. The van der Waals surface area contributed by atoms with Gasteiger partial charge in [-0.1, -0.05) is 56.2 Å². The molecule has 3 aromatic rings. The van der Waals surface area contributed by atoms with Gasteiger partial charge in [0.05, 0.1) is 26.4 Å². The van der Waals surface area contributed by atoms with Crippen molar-refractivity contribution in [1.29, 1.82) is 0 Å². The normalized spacial score (nSPS) is 11.1. The number of esters is 2. The number of carbonyl (C=O) groups excluding carboxylic acids is 2. The molecule has 0 bridgehead atoms. The van der Waals surface area contributed by atoms with Gasteiger partial charge < -0.3 is 18.9 Å². The quantitative estimate of drug-likeness (QED) is 0.0933. The molecule has 0 aliphatic carbocycles. The molecule has 0 amide bonds. The van der Waals surface area contributed by atoms with E-state index in [2.05, 4.69) is 37.3 Å². The zero-order valence-corrected chi connectivity index (χ0v) is 23.9. The molecule has 0 spiro atoms. The summed E-state index contributed by atoms with van der Waals surface area (Å²) in [4.78, 5) is 23.4. The number of unbranched alkanes of at least 4 members (excludes halogenated alkanes) is 4. The van der Waals surface area contributed by atoms with E-state index >= 15 is 0 Å². The van der Waals surface area contributed by atoms with Crippen molar-refractivity contribution in [1.82, 2.24) is 0 Å². The van der Waals surface area contributed by atoms with Gasteiger partial charge in [-0.15, -0.1) is 0 Å². The Balaban J connectivity index is 1.85. The minimum Gasteiger partial charge on any atom is -0.492 e. The van der Waals surface area contributed by atoms with Crippen molar-refractivity contribution in [3.05, 3.63) is 48.0 Å². The lowest BCUT2D eigenvalue weighted by atomic mass is 9.97. The van der Waals surface area contributed by atoms with E-state index in [0.717, 1.165) is 71.6 Å². The molecule has 0 aliphatic heterocycles. The van der Waals surface area contributed by atoms with Crippen LogP contribution in [0.3, 0.4) is 0 Å². The van der Waals surface area contributed by atoms with Gasteiger partial charge in [-0.3, -0.25) is 9.59 Å². The zero-order valence-electron chi connectivity index (χ0n) is 23.9. The van der Waals surface area contributed by atoms with E-state index in [-0.39, 0.29) is 11.9 Å². The molecular formula is C33H44O6. The highest BCUT2D eigenvalue weighted by molar-refractivity contribution is 6.11. The second-order valence-electron chi connectivity index (χ2n) is 9.76. The van der Waals surface area contributed by atoms with Crippen molar-refractivity contribution in [3.63, 3.8) is 0 Å². The molecule has 0 atom stereocenters. The molecule has 0 aromatic heterocycles. The predicted molar refractivity (Wildman–Crippen MR) is 157 cm³/mol. The molecule has 3 aromatic carbocycles. The molecule has 0 heterocycles. The fourth-order valence-electron chi connectivity index (χ4n) is 4.75. The first kappa shape index (κ1) is 30.3. The fraction of sp³-hybridized carbons (Fsp3) is 0.515. The van der Waals surface area contributed by atoms with Crippen LogP contribution in [0.5, 0.6) is 11.5 Å². The zero-order chi connectivity index (χ0) is 27.9. The number of hydrogen-bond acceptors (Lipinski definition) is 6. The van der Waals surface area contributed by atoms with Crippen LogP contribution in [-0.2, 0) is 25.5 Å². The Morgan fingerprint density at radius 2 is 1.15 bits per heavy atom. The number of fused-ring (bicyclic) bond motifs is 2. The van der Waals surface area contributed by atoms with Gasteiger partial charge in [-0.05, 0) is 64.0 Å². The molecule has 0 saturated heterocycles. The standard InChI is InChI=1S/C33H44O6/c1-4-7-8-15-25-20-21-28-29(24-25)33(39-23-14-12-19-31(35)37-6-3)27-17-10-9-16-26(27)32(28)38-22-13-11-18-30(34)36-5-2/h9-10,16-17,20-21,24H,4-8,11-15,18-19,22-23H2,1-3H3. The topological polar surface area (TPSA) is 71.1 Å². The first-order valence-electron chi connectivity index (χ1n) is 14.6. The molecule has 212 valence electrons. The molecule has 0 saturated carbocycles. The summed E-state index contributed by atoms with van der Waals surface area (Å²) in [6.07, 6.45) is 8.38. The van der Waals surface area contributed by atoms with Crippen LogP contribution in [0.15, 0.2) is 42.5 Å². The summed E-state index contributed by atoms with van der Waals surface area (Å²) in [6.45, 7) is 7.73. The largest absolute Gasteiger partial charge is 0.492 e. The Hall–Kier alpha value is -3.28. The van der Waals surface area contributed by atoms with Crippen molar-refractivity contribution >= 4 is 33.5 Å². The maximum atomic E-state index is 11.7. The van der Waals surface area contributed by atoms with Crippen molar-refractivity contribution in [2.24, 2.45) is 0 Å². The van der Waals surface area contributed by atoms with Crippen molar-refractivity contribution in [2.45, 2.75) is 85.0 Å². The smallest absolute Gasteiger partial charge is 0.305 e. The average molecular weight is 537 g/mol.